The topological polar surface area (TPSA) is 66.0 Å². The Hall–Kier alpha value is -3.15. The van der Waals surface area contributed by atoms with Crippen molar-refractivity contribution in [3.05, 3.63) is 48.0 Å². The van der Waals surface area contributed by atoms with Crippen molar-refractivity contribution in [2.24, 2.45) is 0 Å². The third-order valence-corrected chi connectivity index (χ3v) is 3.57. The lowest BCUT2D eigenvalue weighted by atomic mass is 10.2. The normalized spacial score (nSPS) is 10.5. The Morgan fingerprint density at radius 3 is 2.23 bits per heavy atom. The van der Waals surface area contributed by atoms with E-state index in [1.165, 1.54) is 6.08 Å². The van der Waals surface area contributed by atoms with Gasteiger partial charge in [0, 0.05) is 17.8 Å². The van der Waals surface area contributed by atoms with E-state index in [1.807, 2.05) is 25.1 Å². The van der Waals surface area contributed by atoms with E-state index in [0.717, 1.165) is 5.56 Å². The van der Waals surface area contributed by atoms with Gasteiger partial charge in [0.2, 0.25) is 5.91 Å². The second kappa shape index (κ2) is 9.36. The number of anilines is 1. The molecule has 0 heterocycles. The van der Waals surface area contributed by atoms with E-state index < -0.39 is 0 Å². The van der Waals surface area contributed by atoms with Crippen LogP contribution in [-0.2, 0) is 4.79 Å². The Morgan fingerprint density at radius 1 is 0.923 bits per heavy atom. The summed E-state index contributed by atoms with van der Waals surface area (Å²) in [5.41, 5.74) is 1.44. The standard InChI is InChI=1S/C20H23NO5/c1-5-26-17-9-6-14(12-18(17)24-3)7-11-20(22)21-15-8-10-16(23-2)19(13-15)25-4/h6-13H,5H2,1-4H3,(H,21,22). The molecule has 0 saturated carbocycles. The van der Waals surface area contributed by atoms with Gasteiger partial charge in [-0.05, 0) is 42.8 Å². The molecule has 0 aliphatic carbocycles. The first-order chi connectivity index (χ1) is 12.6. The van der Waals surface area contributed by atoms with Crippen LogP contribution < -0.4 is 24.3 Å². The quantitative estimate of drug-likeness (QED) is 0.729. The molecule has 6 nitrogen and oxygen atoms in total. The fourth-order valence-electron chi connectivity index (χ4n) is 2.33. The minimum Gasteiger partial charge on any atom is -0.493 e. The molecule has 0 atom stereocenters. The largest absolute Gasteiger partial charge is 0.493 e. The van der Waals surface area contributed by atoms with Gasteiger partial charge in [-0.25, -0.2) is 0 Å². The van der Waals surface area contributed by atoms with Gasteiger partial charge in [0.15, 0.2) is 23.0 Å². The predicted molar refractivity (Wildman–Crippen MR) is 101 cm³/mol. The molecular formula is C20H23NO5. The van der Waals surface area contributed by atoms with Gasteiger partial charge >= 0.3 is 0 Å². The van der Waals surface area contributed by atoms with Gasteiger partial charge in [-0.3, -0.25) is 4.79 Å². The number of rotatable bonds is 8. The zero-order chi connectivity index (χ0) is 18.9. The van der Waals surface area contributed by atoms with Crippen LogP contribution in [0.3, 0.4) is 0 Å². The van der Waals surface area contributed by atoms with Crippen molar-refractivity contribution in [1.29, 1.82) is 0 Å². The molecule has 2 aromatic carbocycles. The average molecular weight is 357 g/mol. The van der Waals surface area contributed by atoms with Crippen molar-refractivity contribution in [2.45, 2.75) is 6.92 Å². The molecule has 0 saturated heterocycles. The molecule has 26 heavy (non-hydrogen) atoms. The predicted octanol–water partition coefficient (Wildman–Crippen LogP) is 3.76. The van der Waals surface area contributed by atoms with Crippen LogP contribution >= 0.6 is 0 Å². The molecule has 0 unspecified atom stereocenters. The van der Waals surface area contributed by atoms with Crippen molar-refractivity contribution < 1.29 is 23.7 Å². The second-order valence-electron chi connectivity index (χ2n) is 5.24. The molecule has 138 valence electrons. The lowest BCUT2D eigenvalue weighted by Crippen LogP contribution is -2.08. The second-order valence-corrected chi connectivity index (χ2v) is 5.24. The van der Waals surface area contributed by atoms with E-state index in [9.17, 15) is 4.79 Å². The summed E-state index contributed by atoms with van der Waals surface area (Å²) in [5.74, 6) is 2.18. The molecule has 2 rings (SSSR count). The van der Waals surface area contributed by atoms with Crippen LogP contribution in [0, 0.1) is 0 Å². The maximum atomic E-state index is 12.1. The molecule has 0 fully saturated rings. The molecule has 2 aromatic rings. The van der Waals surface area contributed by atoms with Crippen LogP contribution in [0.2, 0.25) is 0 Å². The first-order valence-corrected chi connectivity index (χ1v) is 8.13. The Morgan fingerprint density at radius 2 is 1.58 bits per heavy atom. The summed E-state index contributed by atoms with van der Waals surface area (Å²) in [5, 5.41) is 2.78. The SMILES string of the molecule is CCOc1ccc(C=CC(=O)Nc2ccc(OC)c(OC)c2)cc1OC. The van der Waals surface area contributed by atoms with Gasteiger partial charge in [-0.2, -0.15) is 0 Å². The summed E-state index contributed by atoms with van der Waals surface area (Å²) >= 11 is 0. The molecule has 0 aliphatic heterocycles. The molecule has 0 radical (unpaired) electrons. The van der Waals surface area contributed by atoms with Crippen LogP contribution in [0.5, 0.6) is 23.0 Å². The Bertz CT molecular complexity index is 786. The number of carbonyl (C=O) groups is 1. The molecule has 0 aliphatic rings. The van der Waals surface area contributed by atoms with Crippen molar-refractivity contribution in [2.75, 3.05) is 33.3 Å². The van der Waals surface area contributed by atoms with Crippen LogP contribution in [0.4, 0.5) is 5.69 Å². The number of carbonyl (C=O) groups excluding carboxylic acids is 1. The summed E-state index contributed by atoms with van der Waals surface area (Å²) in [6.07, 6.45) is 3.15. The van der Waals surface area contributed by atoms with E-state index in [1.54, 1.807) is 45.6 Å². The molecule has 0 aromatic heterocycles. The summed E-state index contributed by atoms with van der Waals surface area (Å²) in [6, 6.07) is 10.7. The van der Waals surface area contributed by atoms with Gasteiger partial charge < -0.3 is 24.3 Å². The molecule has 0 bridgehead atoms. The van der Waals surface area contributed by atoms with Gasteiger partial charge in [0.05, 0.1) is 27.9 Å². The number of hydrogen-bond acceptors (Lipinski definition) is 5. The number of benzene rings is 2. The summed E-state index contributed by atoms with van der Waals surface area (Å²) in [4.78, 5) is 12.1. The third kappa shape index (κ3) is 4.92. The lowest BCUT2D eigenvalue weighted by molar-refractivity contribution is -0.111. The van der Waals surface area contributed by atoms with Crippen molar-refractivity contribution in [1.82, 2.24) is 0 Å². The summed E-state index contributed by atoms with van der Waals surface area (Å²) in [7, 11) is 4.68. The van der Waals surface area contributed by atoms with E-state index in [4.69, 9.17) is 18.9 Å². The number of amides is 1. The van der Waals surface area contributed by atoms with Crippen LogP contribution in [0.1, 0.15) is 12.5 Å². The maximum Gasteiger partial charge on any atom is 0.248 e. The smallest absolute Gasteiger partial charge is 0.248 e. The highest BCUT2D eigenvalue weighted by Crippen LogP contribution is 2.30. The van der Waals surface area contributed by atoms with E-state index >= 15 is 0 Å². The Kier molecular flexibility index (Phi) is 6.91. The molecular weight excluding hydrogens is 334 g/mol. The lowest BCUT2D eigenvalue weighted by Gasteiger charge is -2.10. The summed E-state index contributed by atoms with van der Waals surface area (Å²) in [6.45, 7) is 2.46. The van der Waals surface area contributed by atoms with E-state index in [-0.39, 0.29) is 5.91 Å². The third-order valence-electron chi connectivity index (χ3n) is 3.57. The number of ether oxygens (including phenoxy) is 4. The fraction of sp³-hybridized carbons (Fsp3) is 0.250. The zero-order valence-electron chi connectivity index (χ0n) is 15.4. The van der Waals surface area contributed by atoms with Crippen LogP contribution in [0.25, 0.3) is 6.08 Å². The first kappa shape index (κ1) is 19.2. The maximum absolute atomic E-state index is 12.1. The molecule has 1 N–H and O–H groups in total. The van der Waals surface area contributed by atoms with Crippen molar-refractivity contribution in [3.63, 3.8) is 0 Å². The summed E-state index contributed by atoms with van der Waals surface area (Å²) < 4.78 is 21.2. The van der Waals surface area contributed by atoms with Crippen LogP contribution in [0.15, 0.2) is 42.5 Å². The number of methoxy groups -OCH3 is 3. The molecule has 0 spiro atoms. The highest BCUT2D eigenvalue weighted by atomic mass is 16.5. The van der Waals surface area contributed by atoms with E-state index in [0.29, 0.717) is 35.3 Å². The van der Waals surface area contributed by atoms with Gasteiger partial charge in [-0.15, -0.1) is 0 Å². The Balaban J connectivity index is 2.07. The highest BCUT2D eigenvalue weighted by Gasteiger charge is 2.07. The minimum absolute atomic E-state index is 0.259. The minimum atomic E-state index is -0.259. The molecule has 6 heteroatoms. The van der Waals surface area contributed by atoms with E-state index in [2.05, 4.69) is 5.32 Å². The number of hydrogen-bond donors (Lipinski definition) is 1. The van der Waals surface area contributed by atoms with Crippen LogP contribution in [-0.4, -0.2) is 33.8 Å². The number of nitrogens with one attached hydrogen (secondary N) is 1. The highest BCUT2D eigenvalue weighted by molar-refractivity contribution is 6.02. The van der Waals surface area contributed by atoms with Crippen molar-refractivity contribution in [3.8, 4) is 23.0 Å². The fourth-order valence-corrected chi connectivity index (χ4v) is 2.33. The zero-order valence-corrected chi connectivity index (χ0v) is 15.4. The van der Waals surface area contributed by atoms with Gasteiger partial charge in [0.25, 0.3) is 0 Å². The van der Waals surface area contributed by atoms with Gasteiger partial charge in [0.1, 0.15) is 0 Å². The average Bonchev–Trinajstić information content (AvgIpc) is 2.67. The Labute approximate surface area is 153 Å². The molecule has 1 amide bonds. The van der Waals surface area contributed by atoms with Gasteiger partial charge in [-0.1, -0.05) is 6.07 Å². The monoisotopic (exact) mass is 357 g/mol. The van der Waals surface area contributed by atoms with Crippen molar-refractivity contribution >= 4 is 17.7 Å². The first-order valence-electron chi connectivity index (χ1n) is 8.13.